The fraction of sp³-hybridized carbons (Fsp3) is 0.308. The number of amides is 1. The fourth-order valence-electron chi connectivity index (χ4n) is 2.30. The van der Waals surface area contributed by atoms with Gasteiger partial charge in [-0.3, -0.25) is 4.79 Å². The van der Waals surface area contributed by atoms with Gasteiger partial charge in [0.2, 0.25) is 0 Å². The van der Waals surface area contributed by atoms with Crippen LogP contribution in [0.1, 0.15) is 9.67 Å². The maximum absolute atomic E-state index is 12.2. The van der Waals surface area contributed by atoms with E-state index in [9.17, 15) is 9.90 Å². The molecule has 1 fully saturated rings. The number of rotatable bonds is 2. The van der Waals surface area contributed by atoms with E-state index in [2.05, 4.69) is 14.5 Å². The quantitative estimate of drug-likeness (QED) is 0.900. The van der Waals surface area contributed by atoms with Gasteiger partial charge in [0.25, 0.3) is 5.91 Å². The summed E-state index contributed by atoms with van der Waals surface area (Å²) in [7, 11) is 0. The molecular formula is C13H14N4O2S. The van der Waals surface area contributed by atoms with Gasteiger partial charge >= 0.3 is 0 Å². The highest BCUT2D eigenvalue weighted by atomic mass is 32.1. The van der Waals surface area contributed by atoms with Crippen molar-refractivity contribution in [3.05, 3.63) is 35.3 Å². The minimum Gasteiger partial charge on any atom is -0.506 e. The number of phenolic OH excluding ortho intramolecular Hbond substituents is 1. The Balaban J connectivity index is 1.65. The lowest BCUT2D eigenvalue weighted by molar-refractivity contribution is 0.0751. The summed E-state index contributed by atoms with van der Waals surface area (Å²) in [6.07, 6.45) is 1.50. The summed E-state index contributed by atoms with van der Waals surface area (Å²) in [5.41, 5.74) is 0.819. The van der Waals surface area contributed by atoms with Crippen LogP contribution in [-0.4, -0.2) is 51.7 Å². The van der Waals surface area contributed by atoms with Gasteiger partial charge in [-0.2, -0.15) is 0 Å². The van der Waals surface area contributed by atoms with Crippen LogP contribution in [0, 0.1) is 0 Å². The molecule has 2 aromatic rings. The molecule has 0 atom stereocenters. The van der Waals surface area contributed by atoms with Crippen molar-refractivity contribution in [3.63, 3.8) is 0 Å². The molecular weight excluding hydrogens is 276 g/mol. The normalized spacial score (nSPS) is 15.4. The van der Waals surface area contributed by atoms with Gasteiger partial charge in [-0.05, 0) is 23.7 Å². The summed E-state index contributed by atoms with van der Waals surface area (Å²) in [6, 6.07) is 7.26. The van der Waals surface area contributed by atoms with E-state index in [1.807, 2.05) is 12.1 Å². The highest BCUT2D eigenvalue weighted by molar-refractivity contribution is 7.07. The summed E-state index contributed by atoms with van der Waals surface area (Å²) < 4.78 is 3.71. The Hall–Kier alpha value is -2.15. The molecule has 3 rings (SSSR count). The number of carbonyl (C=O) groups excluding carboxylic acids is 1. The summed E-state index contributed by atoms with van der Waals surface area (Å²) in [5, 5.41) is 13.5. The average Bonchev–Trinajstić information content (AvgIpc) is 3.01. The first-order valence-corrected chi connectivity index (χ1v) is 7.12. The number of piperazine rings is 1. The van der Waals surface area contributed by atoms with E-state index < -0.39 is 0 Å². The first-order valence-electron chi connectivity index (χ1n) is 6.35. The molecule has 104 valence electrons. The van der Waals surface area contributed by atoms with Crippen molar-refractivity contribution in [3.8, 4) is 5.75 Å². The molecule has 1 aromatic heterocycles. The topological polar surface area (TPSA) is 69.6 Å². The predicted molar refractivity (Wildman–Crippen MR) is 76.1 cm³/mol. The molecule has 0 aliphatic carbocycles. The van der Waals surface area contributed by atoms with Crippen LogP contribution in [0.4, 0.5) is 5.69 Å². The van der Waals surface area contributed by atoms with Gasteiger partial charge in [-0.15, -0.1) is 5.10 Å². The first kappa shape index (κ1) is 12.9. The predicted octanol–water partition coefficient (Wildman–Crippen LogP) is 1.21. The molecule has 1 aromatic carbocycles. The number of hydrogen-bond donors (Lipinski definition) is 1. The summed E-state index contributed by atoms with van der Waals surface area (Å²) in [4.78, 5) is 16.6. The van der Waals surface area contributed by atoms with Crippen molar-refractivity contribution >= 4 is 23.1 Å². The number of carbonyl (C=O) groups is 1. The van der Waals surface area contributed by atoms with Gasteiger partial charge < -0.3 is 14.9 Å². The average molecular weight is 290 g/mol. The molecule has 0 spiro atoms. The number of aromatic hydroxyl groups is 1. The first-order chi connectivity index (χ1) is 9.75. The third-order valence-corrected chi connectivity index (χ3v) is 4.01. The number of para-hydroxylation sites is 2. The van der Waals surface area contributed by atoms with E-state index in [0.717, 1.165) is 17.2 Å². The van der Waals surface area contributed by atoms with Crippen molar-refractivity contribution in [2.45, 2.75) is 0 Å². The van der Waals surface area contributed by atoms with E-state index >= 15 is 0 Å². The maximum Gasteiger partial charge on any atom is 0.267 e. The van der Waals surface area contributed by atoms with Crippen molar-refractivity contribution in [1.29, 1.82) is 0 Å². The number of hydrogen-bond acceptors (Lipinski definition) is 6. The zero-order chi connectivity index (χ0) is 13.9. The minimum atomic E-state index is -0.0167. The van der Waals surface area contributed by atoms with E-state index in [-0.39, 0.29) is 11.7 Å². The van der Waals surface area contributed by atoms with E-state index in [4.69, 9.17) is 0 Å². The second kappa shape index (κ2) is 5.46. The molecule has 1 aliphatic rings. The second-order valence-electron chi connectivity index (χ2n) is 4.55. The Bertz CT molecular complexity index is 594. The molecule has 0 bridgehead atoms. The molecule has 20 heavy (non-hydrogen) atoms. The van der Waals surface area contributed by atoms with E-state index in [0.29, 0.717) is 31.1 Å². The van der Waals surface area contributed by atoms with Gasteiger partial charge in [-0.25, -0.2) is 0 Å². The van der Waals surface area contributed by atoms with Crippen LogP contribution in [0.3, 0.4) is 0 Å². The number of nitrogens with zero attached hydrogens (tertiary/aromatic N) is 4. The smallest absolute Gasteiger partial charge is 0.267 e. The molecule has 0 radical (unpaired) electrons. The highest BCUT2D eigenvalue weighted by Crippen LogP contribution is 2.27. The number of benzene rings is 1. The lowest BCUT2D eigenvalue weighted by Gasteiger charge is -2.36. The van der Waals surface area contributed by atoms with E-state index in [1.165, 1.54) is 6.20 Å². The SMILES string of the molecule is O=C(c1cnns1)N1CCN(c2ccccc2O)CC1. The molecule has 2 heterocycles. The van der Waals surface area contributed by atoms with E-state index in [1.54, 1.807) is 17.0 Å². The number of phenols is 1. The summed E-state index contributed by atoms with van der Waals surface area (Å²) in [5.74, 6) is 0.260. The van der Waals surface area contributed by atoms with Gasteiger partial charge in [-0.1, -0.05) is 16.6 Å². The Morgan fingerprint density at radius 2 is 1.95 bits per heavy atom. The van der Waals surface area contributed by atoms with Crippen molar-refractivity contribution in [2.24, 2.45) is 0 Å². The molecule has 0 unspecified atom stereocenters. The molecule has 1 N–H and O–H groups in total. The van der Waals surface area contributed by atoms with Crippen LogP contribution < -0.4 is 4.90 Å². The second-order valence-corrected chi connectivity index (χ2v) is 5.34. The lowest BCUT2D eigenvalue weighted by atomic mass is 10.2. The maximum atomic E-state index is 12.2. The summed E-state index contributed by atoms with van der Waals surface area (Å²) >= 11 is 1.12. The minimum absolute atomic E-state index is 0.0167. The summed E-state index contributed by atoms with van der Waals surface area (Å²) in [6.45, 7) is 2.67. The lowest BCUT2D eigenvalue weighted by Crippen LogP contribution is -2.48. The van der Waals surface area contributed by atoms with Gasteiger partial charge in [0.15, 0.2) is 0 Å². The monoisotopic (exact) mass is 290 g/mol. The number of anilines is 1. The standard InChI is InChI=1S/C13H14N4O2S/c18-11-4-2-1-3-10(11)16-5-7-17(8-6-16)13(19)12-9-14-15-20-12/h1-4,9,18H,5-8H2. The van der Waals surface area contributed by atoms with Crippen LogP contribution in [0.25, 0.3) is 0 Å². The van der Waals surface area contributed by atoms with Crippen LogP contribution in [0.15, 0.2) is 30.5 Å². The number of aromatic nitrogens is 2. The fourth-order valence-corrected chi connectivity index (χ4v) is 2.78. The van der Waals surface area contributed by atoms with Crippen LogP contribution >= 0.6 is 11.5 Å². The molecule has 1 amide bonds. The zero-order valence-electron chi connectivity index (χ0n) is 10.8. The third kappa shape index (κ3) is 2.44. The molecule has 1 saturated heterocycles. The molecule has 0 saturated carbocycles. The van der Waals surface area contributed by atoms with Gasteiger partial charge in [0.1, 0.15) is 10.6 Å². The Kier molecular flexibility index (Phi) is 3.51. The molecule has 7 heteroatoms. The third-order valence-electron chi connectivity index (χ3n) is 3.36. The highest BCUT2D eigenvalue weighted by Gasteiger charge is 2.24. The van der Waals surface area contributed by atoms with Gasteiger partial charge in [0.05, 0.1) is 11.9 Å². The Morgan fingerprint density at radius 1 is 1.20 bits per heavy atom. The Labute approximate surface area is 120 Å². The van der Waals surface area contributed by atoms with Crippen LogP contribution in [0.5, 0.6) is 5.75 Å². The zero-order valence-corrected chi connectivity index (χ0v) is 11.6. The van der Waals surface area contributed by atoms with Crippen LogP contribution in [0.2, 0.25) is 0 Å². The van der Waals surface area contributed by atoms with Crippen LogP contribution in [-0.2, 0) is 0 Å². The van der Waals surface area contributed by atoms with Crippen molar-refractivity contribution < 1.29 is 9.90 Å². The van der Waals surface area contributed by atoms with Gasteiger partial charge in [0, 0.05) is 26.2 Å². The molecule has 6 nitrogen and oxygen atoms in total. The van der Waals surface area contributed by atoms with Crippen molar-refractivity contribution in [2.75, 3.05) is 31.1 Å². The molecule has 1 aliphatic heterocycles. The Morgan fingerprint density at radius 3 is 2.60 bits per heavy atom. The largest absolute Gasteiger partial charge is 0.506 e. The van der Waals surface area contributed by atoms with Crippen molar-refractivity contribution in [1.82, 2.24) is 14.5 Å².